The number of nitrogens with zero attached hydrogens (tertiary/aromatic N) is 2. The number of carboxylic acid groups (broad SMARTS) is 1. The number of carbonyl (C=O) groups is 1. The van der Waals surface area contributed by atoms with Gasteiger partial charge in [-0.1, -0.05) is 45.9 Å². The van der Waals surface area contributed by atoms with Crippen molar-refractivity contribution in [1.82, 2.24) is 9.97 Å². The van der Waals surface area contributed by atoms with Crippen LogP contribution in [0.15, 0.2) is 58.0 Å². The number of carboxylic acids is 1. The van der Waals surface area contributed by atoms with Crippen molar-refractivity contribution in [2.24, 2.45) is 0 Å². The molecule has 116 valence electrons. The normalized spacial score (nSPS) is 10.7. The predicted octanol–water partition coefficient (Wildman–Crippen LogP) is 4.31. The van der Waals surface area contributed by atoms with Crippen LogP contribution in [0.1, 0.15) is 0 Å². The molecule has 1 aromatic heterocycles. The molecule has 3 aromatic rings. The van der Waals surface area contributed by atoms with Crippen molar-refractivity contribution in [3.05, 3.63) is 53.0 Å². The fourth-order valence-electron chi connectivity index (χ4n) is 2.01. The number of anilines is 2. The summed E-state index contributed by atoms with van der Waals surface area (Å²) in [4.78, 5) is 19.8. The fourth-order valence-corrected chi connectivity index (χ4v) is 3.01. The number of hydrogen-bond donors (Lipinski definition) is 2. The van der Waals surface area contributed by atoms with Gasteiger partial charge < -0.3 is 10.4 Å². The number of fused-ring (bicyclic) bond motifs is 1. The lowest BCUT2D eigenvalue weighted by Gasteiger charge is -2.09. The lowest BCUT2D eigenvalue weighted by Crippen LogP contribution is -2.02. The molecule has 1 heterocycles. The number of para-hydroxylation sites is 1. The molecule has 0 atom stereocenters. The number of thioether (sulfide) groups is 1. The van der Waals surface area contributed by atoms with Crippen molar-refractivity contribution in [3.63, 3.8) is 0 Å². The van der Waals surface area contributed by atoms with Gasteiger partial charge in [0.2, 0.25) is 5.95 Å². The molecule has 0 fully saturated rings. The van der Waals surface area contributed by atoms with E-state index in [0.717, 1.165) is 21.1 Å². The molecule has 2 N–H and O–H groups in total. The number of aromatic nitrogens is 2. The molecule has 0 amide bonds. The molecule has 3 rings (SSSR count). The Balaban J connectivity index is 1.96. The molecule has 7 heteroatoms. The molecular formula is C16H12BrN3O2S. The van der Waals surface area contributed by atoms with E-state index < -0.39 is 5.97 Å². The minimum Gasteiger partial charge on any atom is -0.481 e. The predicted molar refractivity (Wildman–Crippen MR) is 95.3 cm³/mol. The largest absolute Gasteiger partial charge is 0.481 e. The number of nitrogens with one attached hydrogen (secondary N) is 1. The summed E-state index contributed by atoms with van der Waals surface area (Å²) < 4.78 is 0.986. The number of aliphatic carboxylic acids is 1. The monoisotopic (exact) mass is 389 g/mol. The Bertz CT molecular complexity index is 856. The molecular weight excluding hydrogens is 378 g/mol. The molecule has 0 aliphatic rings. The van der Waals surface area contributed by atoms with E-state index in [1.165, 1.54) is 11.8 Å². The van der Waals surface area contributed by atoms with E-state index in [0.29, 0.717) is 11.0 Å². The molecule has 2 aromatic carbocycles. The van der Waals surface area contributed by atoms with Crippen LogP contribution in [0.25, 0.3) is 10.9 Å². The quantitative estimate of drug-likeness (QED) is 0.500. The molecule has 0 bridgehead atoms. The standard InChI is InChI=1S/C16H12BrN3O2S/c17-10-5-7-11(8-6-10)18-16-19-13-4-2-1-3-12(13)15(20-16)23-9-14(21)22/h1-8H,9H2,(H,21,22)(H,18,19,20). The first-order valence-electron chi connectivity index (χ1n) is 6.76. The summed E-state index contributed by atoms with van der Waals surface area (Å²) in [6.45, 7) is 0. The summed E-state index contributed by atoms with van der Waals surface area (Å²) in [6.07, 6.45) is 0. The summed E-state index contributed by atoms with van der Waals surface area (Å²) in [5.41, 5.74) is 1.63. The zero-order valence-electron chi connectivity index (χ0n) is 11.9. The molecule has 0 aliphatic heterocycles. The molecule has 0 aliphatic carbocycles. The molecule has 0 spiro atoms. The summed E-state index contributed by atoms with van der Waals surface area (Å²) >= 11 is 4.58. The van der Waals surface area contributed by atoms with Gasteiger partial charge >= 0.3 is 5.97 Å². The van der Waals surface area contributed by atoms with Gasteiger partial charge in [0.1, 0.15) is 5.03 Å². The first kappa shape index (κ1) is 15.8. The Labute approximate surface area is 145 Å². The topological polar surface area (TPSA) is 75.1 Å². The molecule has 0 saturated heterocycles. The summed E-state index contributed by atoms with van der Waals surface area (Å²) in [7, 11) is 0. The summed E-state index contributed by atoms with van der Waals surface area (Å²) in [5.74, 6) is -0.474. The minimum atomic E-state index is -0.875. The van der Waals surface area contributed by atoms with Gasteiger partial charge in [-0.3, -0.25) is 4.79 Å². The van der Waals surface area contributed by atoms with Crippen LogP contribution < -0.4 is 5.32 Å². The zero-order valence-corrected chi connectivity index (χ0v) is 14.3. The first-order chi connectivity index (χ1) is 11.1. The van der Waals surface area contributed by atoms with Gasteiger partial charge in [-0.15, -0.1) is 0 Å². The van der Waals surface area contributed by atoms with E-state index in [4.69, 9.17) is 5.11 Å². The van der Waals surface area contributed by atoms with Crippen molar-refractivity contribution in [3.8, 4) is 0 Å². The maximum atomic E-state index is 10.8. The van der Waals surface area contributed by atoms with Gasteiger partial charge in [-0.25, -0.2) is 9.97 Å². The van der Waals surface area contributed by atoms with Gasteiger partial charge in [0, 0.05) is 15.5 Å². The first-order valence-corrected chi connectivity index (χ1v) is 8.53. The van der Waals surface area contributed by atoms with Crippen LogP contribution >= 0.6 is 27.7 Å². The van der Waals surface area contributed by atoms with Crippen LogP contribution in [0, 0.1) is 0 Å². The van der Waals surface area contributed by atoms with Crippen molar-refractivity contribution >= 4 is 56.2 Å². The Kier molecular flexibility index (Phi) is 4.78. The van der Waals surface area contributed by atoms with E-state index in [1.54, 1.807) is 0 Å². The number of halogens is 1. The van der Waals surface area contributed by atoms with Gasteiger partial charge in [0.25, 0.3) is 0 Å². The average molecular weight is 390 g/mol. The SMILES string of the molecule is O=C(O)CSc1nc(Nc2ccc(Br)cc2)nc2ccccc12. The van der Waals surface area contributed by atoms with Crippen LogP contribution in [0.5, 0.6) is 0 Å². The van der Waals surface area contributed by atoms with Crippen molar-refractivity contribution in [2.45, 2.75) is 5.03 Å². The lowest BCUT2D eigenvalue weighted by atomic mass is 10.2. The van der Waals surface area contributed by atoms with E-state index in [1.807, 2.05) is 48.5 Å². The van der Waals surface area contributed by atoms with Crippen LogP contribution in [-0.2, 0) is 4.79 Å². The van der Waals surface area contributed by atoms with E-state index >= 15 is 0 Å². The second-order valence-electron chi connectivity index (χ2n) is 4.68. The Morgan fingerprint density at radius 1 is 1.13 bits per heavy atom. The third-order valence-corrected chi connectivity index (χ3v) is 4.51. The zero-order chi connectivity index (χ0) is 16.2. The molecule has 5 nitrogen and oxygen atoms in total. The minimum absolute atomic E-state index is 0.0429. The number of rotatable bonds is 5. The smallest absolute Gasteiger partial charge is 0.313 e. The van der Waals surface area contributed by atoms with Crippen molar-refractivity contribution < 1.29 is 9.90 Å². The van der Waals surface area contributed by atoms with Gasteiger partial charge in [0.15, 0.2) is 0 Å². The highest BCUT2D eigenvalue weighted by atomic mass is 79.9. The van der Waals surface area contributed by atoms with E-state index in [-0.39, 0.29) is 5.75 Å². The highest BCUT2D eigenvalue weighted by Crippen LogP contribution is 2.27. The highest BCUT2D eigenvalue weighted by molar-refractivity contribution is 9.10. The van der Waals surface area contributed by atoms with Crippen molar-refractivity contribution in [2.75, 3.05) is 11.1 Å². The van der Waals surface area contributed by atoms with Crippen LogP contribution in [-0.4, -0.2) is 26.8 Å². The third kappa shape index (κ3) is 4.00. The second kappa shape index (κ2) is 6.97. The molecule has 0 unspecified atom stereocenters. The fraction of sp³-hybridized carbons (Fsp3) is 0.0625. The van der Waals surface area contributed by atoms with Gasteiger partial charge in [-0.2, -0.15) is 0 Å². The van der Waals surface area contributed by atoms with E-state index in [2.05, 4.69) is 31.2 Å². The number of hydrogen-bond acceptors (Lipinski definition) is 5. The Hall–Kier alpha value is -2.12. The van der Waals surface area contributed by atoms with Crippen molar-refractivity contribution in [1.29, 1.82) is 0 Å². The lowest BCUT2D eigenvalue weighted by molar-refractivity contribution is -0.133. The van der Waals surface area contributed by atoms with Crippen LogP contribution in [0.2, 0.25) is 0 Å². The van der Waals surface area contributed by atoms with Crippen LogP contribution in [0.3, 0.4) is 0 Å². The molecule has 0 radical (unpaired) electrons. The average Bonchev–Trinajstić information content (AvgIpc) is 2.54. The van der Waals surface area contributed by atoms with Crippen LogP contribution in [0.4, 0.5) is 11.6 Å². The Morgan fingerprint density at radius 3 is 2.61 bits per heavy atom. The highest BCUT2D eigenvalue weighted by Gasteiger charge is 2.10. The summed E-state index contributed by atoms with van der Waals surface area (Å²) in [6, 6.07) is 15.2. The molecule has 23 heavy (non-hydrogen) atoms. The maximum Gasteiger partial charge on any atom is 0.313 e. The van der Waals surface area contributed by atoms with Gasteiger partial charge in [-0.05, 0) is 30.3 Å². The Morgan fingerprint density at radius 2 is 1.87 bits per heavy atom. The van der Waals surface area contributed by atoms with E-state index in [9.17, 15) is 4.79 Å². The number of benzene rings is 2. The maximum absolute atomic E-state index is 10.8. The summed E-state index contributed by atoms with van der Waals surface area (Å²) in [5, 5.41) is 13.5. The third-order valence-electron chi connectivity index (χ3n) is 3.00. The second-order valence-corrected chi connectivity index (χ2v) is 6.56. The van der Waals surface area contributed by atoms with Gasteiger partial charge in [0.05, 0.1) is 11.3 Å². The molecule has 0 saturated carbocycles.